The molecule has 2 rings (SSSR count). The molecule has 0 amide bonds. The second-order valence-corrected chi connectivity index (χ2v) is 5.43. The molecule has 0 saturated carbocycles. The average Bonchev–Trinajstić information content (AvgIpc) is 2.47. The summed E-state index contributed by atoms with van der Waals surface area (Å²) in [4.78, 5) is 12.6. The number of likely N-dealkylation sites (tertiary alicyclic amines) is 1. The maximum atomic E-state index is 10.6. The number of nitro benzene ring substituents is 1. The van der Waals surface area contributed by atoms with Gasteiger partial charge in [0.25, 0.3) is 5.69 Å². The monoisotopic (exact) mass is 278 g/mol. The number of benzene rings is 1. The van der Waals surface area contributed by atoms with Crippen LogP contribution in [0.3, 0.4) is 0 Å². The average molecular weight is 278 g/mol. The fraction of sp³-hybridized carbons (Fsp3) is 0.600. The summed E-state index contributed by atoms with van der Waals surface area (Å²) in [6, 6.07) is 6.92. The van der Waals surface area contributed by atoms with Crippen LogP contribution < -0.4 is 0 Å². The maximum absolute atomic E-state index is 10.6. The molecule has 1 saturated heterocycles. The topological polar surface area (TPSA) is 66.6 Å². The van der Waals surface area contributed by atoms with Gasteiger partial charge in [0, 0.05) is 24.7 Å². The van der Waals surface area contributed by atoms with Crippen molar-refractivity contribution in [3.8, 4) is 0 Å². The van der Waals surface area contributed by atoms with Crippen molar-refractivity contribution in [2.75, 3.05) is 6.54 Å². The number of aliphatic hydroxyl groups excluding tert-OH is 1. The highest BCUT2D eigenvalue weighted by molar-refractivity contribution is 5.32. The first-order valence-electron chi connectivity index (χ1n) is 7.27. The zero-order chi connectivity index (χ0) is 14.5. The summed E-state index contributed by atoms with van der Waals surface area (Å²) >= 11 is 0. The lowest BCUT2D eigenvalue weighted by Crippen LogP contribution is -2.46. The third-order valence-electron chi connectivity index (χ3n) is 4.06. The number of nitrogens with zero attached hydrogens (tertiary/aromatic N) is 2. The van der Waals surface area contributed by atoms with Crippen molar-refractivity contribution in [1.29, 1.82) is 0 Å². The lowest BCUT2D eigenvalue weighted by molar-refractivity contribution is -0.384. The molecule has 1 fully saturated rings. The van der Waals surface area contributed by atoms with Crippen LogP contribution in [0.4, 0.5) is 5.69 Å². The van der Waals surface area contributed by atoms with Crippen molar-refractivity contribution in [2.45, 2.75) is 51.3 Å². The molecule has 1 aromatic rings. The summed E-state index contributed by atoms with van der Waals surface area (Å²) < 4.78 is 0. The SMILES string of the molecule is CCC(O)C1CCCCN1Cc1ccc([N+](=O)[O-])cc1. The summed E-state index contributed by atoms with van der Waals surface area (Å²) in [7, 11) is 0. The van der Waals surface area contributed by atoms with E-state index in [1.807, 2.05) is 19.1 Å². The third-order valence-corrected chi connectivity index (χ3v) is 4.06. The number of non-ortho nitro benzene ring substituents is 1. The fourth-order valence-corrected chi connectivity index (χ4v) is 2.88. The van der Waals surface area contributed by atoms with Crippen LogP contribution in [0.2, 0.25) is 0 Å². The highest BCUT2D eigenvalue weighted by atomic mass is 16.6. The summed E-state index contributed by atoms with van der Waals surface area (Å²) in [5, 5.41) is 20.8. The third kappa shape index (κ3) is 3.55. The zero-order valence-corrected chi connectivity index (χ0v) is 11.9. The Hall–Kier alpha value is -1.46. The lowest BCUT2D eigenvalue weighted by atomic mass is 9.95. The number of nitro groups is 1. The van der Waals surface area contributed by atoms with Crippen LogP contribution in [0.5, 0.6) is 0 Å². The van der Waals surface area contributed by atoms with Crippen molar-refractivity contribution in [3.63, 3.8) is 0 Å². The maximum Gasteiger partial charge on any atom is 0.269 e. The van der Waals surface area contributed by atoms with Gasteiger partial charge in [-0.05, 0) is 31.4 Å². The zero-order valence-electron chi connectivity index (χ0n) is 11.9. The minimum atomic E-state index is -0.381. The van der Waals surface area contributed by atoms with Crippen LogP contribution in [0.1, 0.15) is 38.2 Å². The van der Waals surface area contributed by atoms with Gasteiger partial charge < -0.3 is 5.11 Å². The van der Waals surface area contributed by atoms with Gasteiger partial charge >= 0.3 is 0 Å². The molecule has 5 nitrogen and oxygen atoms in total. The first kappa shape index (κ1) is 14.9. The van der Waals surface area contributed by atoms with Crippen LogP contribution in [-0.2, 0) is 6.54 Å². The Morgan fingerprint density at radius 2 is 2.10 bits per heavy atom. The molecule has 1 aliphatic heterocycles. The Kier molecular flexibility index (Phi) is 5.09. The number of hydrogen-bond donors (Lipinski definition) is 1. The Morgan fingerprint density at radius 1 is 1.40 bits per heavy atom. The summed E-state index contributed by atoms with van der Waals surface area (Å²) in [5.41, 5.74) is 1.18. The predicted octanol–water partition coefficient (Wildman–Crippen LogP) is 2.72. The van der Waals surface area contributed by atoms with E-state index in [0.29, 0.717) is 0 Å². The van der Waals surface area contributed by atoms with E-state index in [4.69, 9.17) is 0 Å². The van der Waals surface area contributed by atoms with Crippen molar-refractivity contribution in [3.05, 3.63) is 39.9 Å². The lowest BCUT2D eigenvalue weighted by Gasteiger charge is -2.38. The normalized spacial score (nSPS) is 21.6. The van der Waals surface area contributed by atoms with E-state index in [0.717, 1.165) is 37.9 Å². The van der Waals surface area contributed by atoms with Crippen molar-refractivity contribution in [2.24, 2.45) is 0 Å². The highest BCUT2D eigenvalue weighted by Crippen LogP contribution is 2.24. The molecule has 2 unspecified atom stereocenters. The summed E-state index contributed by atoms with van der Waals surface area (Å²) in [6.07, 6.45) is 3.83. The molecule has 2 atom stereocenters. The van der Waals surface area contributed by atoms with Gasteiger partial charge in [0.2, 0.25) is 0 Å². The molecule has 0 radical (unpaired) electrons. The van der Waals surface area contributed by atoms with Crippen LogP contribution in [-0.4, -0.2) is 33.6 Å². The molecule has 1 heterocycles. The molecular formula is C15H22N2O3. The fourth-order valence-electron chi connectivity index (χ4n) is 2.88. The van der Waals surface area contributed by atoms with Crippen LogP contribution in [0.15, 0.2) is 24.3 Å². The van der Waals surface area contributed by atoms with Crippen molar-refractivity contribution >= 4 is 5.69 Å². The quantitative estimate of drug-likeness (QED) is 0.664. The van der Waals surface area contributed by atoms with Gasteiger partial charge in [-0.3, -0.25) is 15.0 Å². The molecule has 1 N–H and O–H groups in total. The molecule has 0 spiro atoms. The Bertz CT molecular complexity index is 447. The minimum absolute atomic E-state index is 0.123. The number of rotatable bonds is 5. The molecule has 0 aromatic heterocycles. The first-order chi connectivity index (χ1) is 9.61. The summed E-state index contributed by atoms with van der Waals surface area (Å²) in [5.74, 6) is 0. The van der Waals surface area contributed by atoms with Crippen LogP contribution in [0.25, 0.3) is 0 Å². The predicted molar refractivity (Wildman–Crippen MR) is 77.4 cm³/mol. The number of aliphatic hydroxyl groups is 1. The first-order valence-corrected chi connectivity index (χ1v) is 7.27. The van der Waals surface area contributed by atoms with Gasteiger partial charge in [-0.25, -0.2) is 0 Å². The van der Waals surface area contributed by atoms with E-state index in [1.165, 1.54) is 6.42 Å². The van der Waals surface area contributed by atoms with Crippen molar-refractivity contribution in [1.82, 2.24) is 4.90 Å². The van der Waals surface area contributed by atoms with E-state index < -0.39 is 0 Å². The van der Waals surface area contributed by atoms with Gasteiger partial charge in [0.05, 0.1) is 11.0 Å². The standard InChI is InChI=1S/C15H22N2O3/c1-2-15(18)14-5-3-4-10-16(14)11-12-6-8-13(9-7-12)17(19)20/h6-9,14-15,18H,2-5,10-11H2,1H3. The Labute approximate surface area is 119 Å². The molecule has 110 valence electrons. The molecule has 5 heteroatoms. The highest BCUT2D eigenvalue weighted by Gasteiger charge is 2.27. The smallest absolute Gasteiger partial charge is 0.269 e. The molecule has 20 heavy (non-hydrogen) atoms. The van der Waals surface area contributed by atoms with E-state index in [9.17, 15) is 15.2 Å². The van der Waals surface area contributed by atoms with Gasteiger partial charge in [0.15, 0.2) is 0 Å². The van der Waals surface area contributed by atoms with Gasteiger partial charge in [-0.15, -0.1) is 0 Å². The largest absolute Gasteiger partial charge is 0.392 e. The molecule has 1 aliphatic rings. The molecule has 1 aromatic carbocycles. The van der Waals surface area contributed by atoms with Gasteiger partial charge in [-0.1, -0.05) is 25.5 Å². The van der Waals surface area contributed by atoms with Gasteiger partial charge in [0.1, 0.15) is 0 Å². The van der Waals surface area contributed by atoms with Crippen molar-refractivity contribution < 1.29 is 10.0 Å². The van der Waals surface area contributed by atoms with Gasteiger partial charge in [-0.2, -0.15) is 0 Å². The Morgan fingerprint density at radius 3 is 2.70 bits per heavy atom. The van der Waals surface area contributed by atoms with E-state index >= 15 is 0 Å². The molecular weight excluding hydrogens is 256 g/mol. The second-order valence-electron chi connectivity index (χ2n) is 5.43. The van der Waals surface area contributed by atoms with Crippen LogP contribution >= 0.6 is 0 Å². The number of piperidine rings is 1. The minimum Gasteiger partial charge on any atom is -0.392 e. The second kappa shape index (κ2) is 6.81. The van der Waals surface area contributed by atoms with E-state index in [1.54, 1.807) is 12.1 Å². The molecule has 0 bridgehead atoms. The molecule has 0 aliphatic carbocycles. The van der Waals surface area contributed by atoms with E-state index in [-0.39, 0.29) is 22.8 Å². The van der Waals surface area contributed by atoms with E-state index in [2.05, 4.69) is 4.90 Å². The van der Waals surface area contributed by atoms with Crippen LogP contribution in [0, 0.1) is 10.1 Å². The Balaban J connectivity index is 2.04. The summed E-state index contributed by atoms with van der Waals surface area (Å²) in [6.45, 7) is 3.74. The number of hydrogen-bond acceptors (Lipinski definition) is 4.